The number of nitrogens with zero attached hydrogens (tertiary/aromatic N) is 4. The molecule has 0 aliphatic carbocycles. The number of H-pyrrole nitrogens is 1. The van der Waals surface area contributed by atoms with E-state index in [0.717, 1.165) is 29.2 Å². The molecule has 0 bridgehead atoms. The normalized spacial score (nSPS) is 11.1. The van der Waals surface area contributed by atoms with Gasteiger partial charge in [0.25, 0.3) is 0 Å². The highest BCUT2D eigenvalue weighted by Crippen LogP contribution is 2.25. The minimum atomic E-state index is 0.586. The van der Waals surface area contributed by atoms with Crippen LogP contribution in [-0.4, -0.2) is 30.9 Å². The second kappa shape index (κ2) is 5.69. The summed E-state index contributed by atoms with van der Waals surface area (Å²) in [5, 5.41) is 8.13. The van der Waals surface area contributed by atoms with E-state index in [1.807, 2.05) is 34.3 Å². The number of imidazole rings is 1. The van der Waals surface area contributed by atoms with Crippen LogP contribution in [0, 0.1) is 4.77 Å². The second-order valence-electron chi connectivity index (χ2n) is 4.63. The van der Waals surface area contributed by atoms with Crippen LogP contribution in [0.1, 0.15) is 19.7 Å². The number of aromatic amines is 1. The van der Waals surface area contributed by atoms with Gasteiger partial charge in [-0.1, -0.05) is 6.07 Å². The molecule has 0 atom stereocenters. The fourth-order valence-corrected chi connectivity index (χ4v) is 2.66. The molecule has 0 spiro atoms. The van der Waals surface area contributed by atoms with Crippen molar-refractivity contribution in [1.82, 2.24) is 24.3 Å². The molecule has 0 aliphatic rings. The van der Waals surface area contributed by atoms with E-state index in [2.05, 4.69) is 22.1 Å². The van der Waals surface area contributed by atoms with E-state index >= 15 is 0 Å². The zero-order valence-corrected chi connectivity index (χ0v) is 12.9. The molecule has 0 saturated carbocycles. The number of nitrogens with one attached hydrogen (secondary N) is 1. The predicted octanol–water partition coefficient (Wildman–Crippen LogP) is 2.76. The number of hydrogen-bond donors (Lipinski definition) is 1. The summed E-state index contributed by atoms with van der Waals surface area (Å²) in [6.07, 6.45) is 1.74. The fraction of sp³-hybridized carbons (Fsp3) is 0.357. The van der Waals surface area contributed by atoms with Gasteiger partial charge in [-0.2, -0.15) is 0 Å². The van der Waals surface area contributed by atoms with Crippen LogP contribution in [0.4, 0.5) is 0 Å². The first kappa shape index (κ1) is 13.8. The summed E-state index contributed by atoms with van der Waals surface area (Å²) in [6.45, 7) is 6.07. The Bertz CT molecular complexity index is 816. The summed E-state index contributed by atoms with van der Waals surface area (Å²) < 4.78 is 10.3. The summed E-state index contributed by atoms with van der Waals surface area (Å²) in [5.41, 5.74) is 1.93. The molecule has 21 heavy (non-hydrogen) atoms. The Morgan fingerprint density at radius 1 is 1.33 bits per heavy atom. The van der Waals surface area contributed by atoms with E-state index in [1.54, 1.807) is 6.33 Å². The van der Waals surface area contributed by atoms with E-state index in [1.165, 1.54) is 0 Å². The first-order valence-electron chi connectivity index (χ1n) is 6.95. The molecule has 6 nitrogen and oxygen atoms in total. The van der Waals surface area contributed by atoms with Gasteiger partial charge in [-0.05, 0) is 38.2 Å². The van der Waals surface area contributed by atoms with Gasteiger partial charge < -0.3 is 18.9 Å². The average molecular weight is 303 g/mol. The first-order chi connectivity index (χ1) is 10.2. The van der Waals surface area contributed by atoms with E-state index in [-0.39, 0.29) is 0 Å². The molecule has 1 N–H and O–H groups in total. The number of aromatic nitrogens is 5. The number of fused-ring (bicyclic) bond motifs is 1. The Kier molecular flexibility index (Phi) is 3.74. The van der Waals surface area contributed by atoms with Crippen molar-refractivity contribution in [2.24, 2.45) is 0 Å². The second-order valence-corrected chi connectivity index (χ2v) is 5.02. The van der Waals surface area contributed by atoms with Gasteiger partial charge in [-0.25, -0.2) is 0 Å². The zero-order valence-electron chi connectivity index (χ0n) is 12.0. The van der Waals surface area contributed by atoms with Crippen molar-refractivity contribution in [3.8, 4) is 5.75 Å². The first-order valence-corrected chi connectivity index (χ1v) is 7.36. The molecular weight excluding hydrogens is 286 g/mol. The Labute approximate surface area is 127 Å². The molecule has 3 aromatic rings. The van der Waals surface area contributed by atoms with Crippen LogP contribution in [0.3, 0.4) is 0 Å². The van der Waals surface area contributed by atoms with E-state index in [4.69, 9.17) is 17.0 Å². The lowest BCUT2D eigenvalue weighted by Crippen LogP contribution is -2.07. The summed E-state index contributed by atoms with van der Waals surface area (Å²) in [4.78, 5) is 3.23. The van der Waals surface area contributed by atoms with Gasteiger partial charge in [-0.15, -0.1) is 10.2 Å². The fourth-order valence-electron chi connectivity index (χ4n) is 2.39. The third kappa shape index (κ3) is 2.44. The molecule has 2 aromatic heterocycles. The van der Waals surface area contributed by atoms with Crippen molar-refractivity contribution >= 4 is 23.3 Å². The Morgan fingerprint density at radius 3 is 2.95 bits per heavy atom. The molecule has 3 rings (SSSR count). The van der Waals surface area contributed by atoms with Crippen LogP contribution < -0.4 is 4.74 Å². The Morgan fingerprint density at radius 2 is 2.19 bits per heavy atom. The maximum atomic E-state index is 5.64. The Hall–Kier alpha value is -2.15. The molecule has 0 unspecified atom stereocenters. The molecular formula is C14H17N5OS. The molecule has 0 fully saturated rings. The Balaban J connectivity index is 2.09. The lowest BCUT2D eigenvalue weighted by atomic mass is 10.3. The van der Waals surface area contributed by atoms with E-state index < -0.39 is 0 Å². The number of ether oxygens (including phenoxy) is 1. The lowest BCUT2D eigenvalue weighted by molar-refractivity contribution is 0.343. The number of rotatable bonds is 5. The maximum Gasteiger partial charge on any atom is 0.178 e. The van der Waals surface area contributed by atoms with Gasteiger partial charge in [0.2, 0.25) is 0 Å². The van der Waals surface area contributed by atoms with Crippen LogP contribution >= 0.6 is 12.2 Å². The molecule has 1 aromatic carbocycles. The van der Waals surface area contributed by atoms with Crippen molar-refractivity contribution in [3.63, 3.8) is 0 Å². The van der Waals surface area contributed by atoms with Gasteiger partial charge >= 0.3 is 0 Å². The summed E-state index contributed by atoms with van der Waals surface area (Å²) in [6, 6.07) is 5.93. The molecule has 0 saturated heterocycles. The minimum Gasteiger partial charge on any atom is -0.492 e. The van der Waals surface area contributed by atoms with Gasteiger partial charge in [0.1, 0.15) is 17.6 Å². The van der Waals surface area contributed by atoms with Crippen LogP contribution in [-0.2, 0) is 13.1 Å². The summed E-state index contributed by atoms with van der Waals surface area (Å²) in [5.74, 6) is 1.70. The van der Waals surface area contributed by atoms with Crippen molar-refractivity contribution < 1.29 is 4.74 Å². The largest absolute Gasteiger partial charge is 0.492 e. The molecule has 0 aliphatic heterocycles. The van der Waals surface area contributed by atoms with Gasteiger partial charge in [0, 0.05) is 6.54 Å². The maximum absolute atomic E-state index is 5.64. The van der Waals surface area contributed by atoms with Gasteiger partial charge in [0.15, 0.2) is 10.6 Å². The average Bonchev–Trinajstić information content (AvgIpc) is 3.06. The van der Waals surface area contributed by atoms with Crippen LogP contribution in [0.15, 0.2) is 24.5 Å². The third-order valence-corrected chi connectivity index (χ3v) is 3.73. The molecule has 0 amide bonds. The number of para-hydroxylation sites is 1. The molecule has 110 valence electrons. The number of aryl methyl sites for hydroxylation is 1. The highest BCUT2D eigenvalue weighted by Gasteiger charge is 2.11. The van der Waals surface area contributed by atoms with Crippen molar-refractivity contribution in [3.05, 3.63) is 35.1 Å². The SMILES string of the molecule is CCOc1cccc2c1[nH]c(=S)n2Cc1nncn1CC. The molecule has 2 heterocycles. The summed E-state index contributed by atoms with van der Waals surface area (Å²) in [7, 11) is 0. The summed E-state index contributed by atoms with van der Waals surface area (Å²) >= 11 is 5.44. The van der Waals surface area contributed by atoms with Crippen molar-refractivity contribution in [2.75, 3.05) is 6.61 Å². The third-order valence-electron chi connectivity index (χ3n) is 3.41. The highest BCUT2D eigenvalue weighted by molar-refractivity contribution is 7.71. The van der Waals surface area contributed by atoms with Crippen LogP contribution in [0.5, 0.6) is 5.75 Å². The standard InChI is InChI=1S/C14H17N5OS/c1-3-18-9-15-17-12(18)8-19-10-6-5-7-11(20-4-2)13(10)16-14(19)21/h5-7,9H,3-4,8H2,1-2H3,(H,16,21). The predicted molar refractivity (Wildman–Crippen MR) is 83.1 cm³/mol. The monoisotopic (exact) mass is 303 g/mol. The number of benzene rings is 1. The zero-order chi connectivity index (χ0) is 14.8. The van der Waals surface area contributed by atoms with Crippen molar-refractivity contribution in [2.45, 2.75) is 26.9 Å². The smallest absolute Gasteiger partial charge is 0.178 e. The minimum absolute atomic E-state index is 0.586. The van der Waals surface area contributed by atoms with E-state index in [0.29, 0.717) is 17.9 Å². The lowest BCUT2D eigenvalue weighted by Gasteiger charge is -2.07. The molecule has 7 heteroatoms. The number of hydrogen-bond acceptors (Lipinski definition) is 4. The van der Waals surface area contributed by atoms with E-state index in [9.17, 15) is 0 Å². The van der Waals surface area contributed by atoms with Gasteiger partial charge in [0.05, 0.1) is 18.7 Å². The van der Waals surface area contributed by atoms with Gasteiger partial charge in [-0.3, -0.25) is 0 Å². The van der Waals surface area contributed by atoms with Crippen LogP contribution in [0.2, 0.25) is 0 Å². The van der Waals surface area contributed by atoms with Crippen LogP contribution in [0.25, 0.3) is 11.0 Å². The highest BCUT2D eigenvalue weighted by atomic mass is 32.1. The topological polar surface area (TPSA) is 60.7 Å². The molecule has 0 radical (unpaired) electrons. The van der Waals surface area contributed by atoms with Crippen molar-refractivity contribution in [1.29, 1.82) is 0 Å². The quantitative estimate of drug-likeness (QED) is 0.736.